The molecule has 3 nitrogen and oxygen atoms in total. The molecule has 1 aromatic carbocycles. The largest absolute Gasteiger partial charge is 0.426 e. The van der Waals surface area contributed by atoms with Gasteiger partial charge in [-0.05, 0) is 43.1 Å². The number of aryl methyl sites for hydroxylation is 1. The van der Waals surface area contributed by atoms with Crippen LogP contribution in [0.2, 0.25) is 0 Å². The Hall–Kier alpha value is -1.35. The molecule has 0 heterocycles. The first-order chi connectivity index (χ1) is 6.91. The molecule has 0 aromatic heterocycles. The highest BCUT2D eigenvalue weighted by atomic mass is 35.5. The van der Waals surface area contributed by atoms with Gasteiger partial charge in [-0.15, -0.1) is 0 Å². The summed E-state index contributed by atoms with van der Waals surface area (Å²) in [6.07, 6.45) is 0. The molecule has 0 aliphatic heterocycles. The van der Waals surface area contributed by atoms with Crippen LogP contribution in [0.1, 0.15) is 28.4 Å². The van der Waals surface area contributed by atoms with Crippen LogP contribution in [0, 0.1) is 13.8 Å². The van der Waals surface area contributed by atoms with Gasteiger partial charge in [-0.1, -0.05) is 0 Å². The van der Waals surface area contributed by atoms with Gasteiger partial charge in [0.25, 0.3) is 5.24 Å². The van der Waals surface area contributed by atoms with Gasteiger partial charge < -0.3 is 4.74 Å². The molecule has 0 atom stereocenters. The van der Waals surface area contributed by atoms with Gasteiger partial charge in [0, 0.05) is 18.1 Å². The number of hydrogen-bond acceptors (Lipinski definition) is 3. The minimum atomic E-state index is -0.551. The summed E-state index contributed by atoms with van der Waals surface area (Å²) >= 11 is 5.41. The molecule has 80 valence electrons. The summed E-state index contributed by atoms with van der Waals surface area (Å²) in [6, 6.07) is 3.36. The minimum absolute atomic E-state index is 0.368. The van der Waals surface area contributed by atoms with Gasteiger partial charge in [-0.2, -0.15) is 0 Å². The smallest absolute Gasteiger partial charge is 0.308 e. The molecule has 4 heteroatoms. The van der Waals surface area contributed by atoms with Crippen LogP contribution in [0.4, 0.5) is 0 Å². The van der Waals surface area contributed by atoms with Gasteiger partial charge in [0.15, 0.2) is 0 Å². The van der Waals surface area contributed by atoms with E-state index in [0.29, 0.717) is 16.9 Å². The Morgan fingerprint density at radius 1 is 1.27 bits per heavy atom. The number of carbonyl (C=O) groups is 2. The maximum atomic E-state index is 11.1. The van der Waals surface area contributed by atoms with Crippen molar-refractivity contribution in [1.29, 1.82) is 0 Å². The van der Waals surface area contributed by atoms with Crippen molar-refractivity contribution in [3.63, 3.8) is 0 Å². The Labute approximate surface area is 93.0 Å². The average Bonchev–Trinajstić information content (AvgIpc) is 2.09. The number of ether oxygens (including phenoxy) is 1. The lowest BCUT2D eigenvalue weighted by Crippen LogP contribution is -2.05. The molecule has 0 amide bonds. The molecule has 0 aliphatic rings. The lowest BCUT2D eigenvalue weighted by molar-refractivity contribution is -0.131. The van der Waals surface area contributed by atoms with Gasteiger partial charge in [0.2, 0.25) is 0 Å². The highest BCUT2D eigenvalue weighted by molar-refractivity contribution is 6.68. The second kappa shape index (κ2) is 4.45. The third-order valence-electron chi connectivity index (χ3n) is 1.97. The van der Waals surface area contributed by atoms with E-state index in [1.165, 1.54) is 6.92 Å². The molecule has 0 bridgehead atoms. The monoisotopic (exact) mass is 226 g/mol. The molecule has 0 aliphatic carbocycles. The van der Waals surface area contributed by atoms with E-state index in [2.05, 4.69) is 0 Å². The second-order valence-corrected chi connectivity index (χ2v) is 3.65. The Bertz CT molecular complexity index is 424. The normalized spacial score (nSPS) is 9.87. The predicted octanol–water partition coefficient (Wildman–Crippen LogP) is 2.61. The van der Waals surface area contributed by atoms with Gasteiger partial charge in [0.1, 0.15) is 5.75 Å². The highest BCUT2D eigenvalue weighted by Gasteiger charge is 2.12. The molecule has 1 rings (SSSR count). The first-order valence-electron chi connectivity index (χ1n) is 4.41. The quantitative estimate of drug-likeness (QED) is 0.442. The standard InChI is InChI=1S/C11H11ClO3/c1-6-4-9(11(12)14)7(2)10(5-6)15-8(3)13/h4-5H,1-3H3. The van der Waals surface area contributed by atoms with Crippen LogP contribution in [-0.4, -0.2) is 11.2 Å². The Morgan fingerprint density at radius 3 is 2.33 bits per heavy atom. The molecule has 0 saturated carbocycles. The maximum absolute atomic E-state index is 11.1. The lowest BCUT2D eigenvalue weighted by Gasteiger charge is -2.09. The summed E-state index contributed by atoms with van der Waals surface area (Å²) in [5.74, 6) is -0.0387. The fourth-order valence-corrected chi connectivity index (χ4v) is 1.49. The molecule has 1 aromatic rings. The third kappa shape index (κ3) is 2.80. The van der Waals surface area contributed by atoms with E-state index in [9.17, 15) is 9.59 Å². The Kier molecular flexibility index (Phi) is 3.48. The summed E-state index contributed by atoms with van der Waals surface area (Å²) in [7, 11) is 0. The van der Waals surface area contributed by atoms with Crippen LogP contribution in [0.25, 0.3) is 0 Å². The first-order valence-corrected chi connectivity index (χ1v) is 4.79. The van der Waals surface area contributed by atoms with Gasteiger partial charge in [-0.25, -0.2) is 0 Å². The second-order valence-electron chi connectivity index (χ2n) is 3.30. The fourth-order valence-electron chi connectivity index (χ4n) is 1.29. The summed E-state index contributed by atoms with van der Waals surface area (Å²) in [6.45, 7) is 4.80. The van der Waals surface area contributed by atoms with Crippen molar-refractivity contribution < 1.29 is 14.3 Å². The third-order valence-corrected chi connectivity index (χ3v) is 2.17. The van der Waals surface area contributed by atoms with E-state index in [1.54, 1.807) is 26.0 Å². The number of halogens is 1. The molecule has 0 unspecified atom stereocenters. The highest BCUT2D eigenvalue weighted by Crippen LogP contribution is 2.25. The lowest BCUT2D eigenvalue weighted by atomic mass is 10.1. The summed E-state index contributed by atoms with van der Waals surface area (Å²) in [5.41, 5.74) is 1.77. The van der Waals surface area contributed by atoms with Crippen LogP contribution >= 0.6 is 11.6 Å². The van der Waals surface area contributed by atoms with E-state index >= 15 is 0 Å². The molecule has 0 saturated heterocycles. The van der Waals surface area contributed by atoms with E-state index in [1.807, 2.05) is 0 Å². The zero-order chi connectivity index (χ0) is 11.6. The molecule has 0 N–H and O–H groups in total. The number of hydrogen-bond donors (Lipinski definition) is 0. The van der Waals surface area contributed by atoms with Crippen molar-refractivity contribution in [2.45, 2.75) is 20.8 Å². The number of carbonyl (C=O) groups excluding carboxylic acids is 2. The molecular formula is C11H11ClO3. The van der Waals surface area contributed by atoms with E-state index in [-0.39, 0.29) is 0 Å². The molecule has 0 fully saturated rings. The van der Waals surface area contributed by atoms with E-state index < -0.39 is 11.2 Å². The average molecular weight is 227 g/mol. The number of rotatable bonds is 2. The maximum Gasteiger partial charge on any atom is 0.308 e. The first kappa shape index (κ1) is 11.7. The predicted molar refractivity (Wildman–Crippen MR) is 57.4 cm³/mol. The van der Waals surface area contributed by atoms with Crippen LogP contribution in [0.15, 0.2) is 12.1 Å². The van der Waals surface area contributed by atoms with Crippen molar-refractivity contribution in [1.82, 2.24) is 0 Å². The molecule has 0 spiro atoms. The SMILES string of the molecule is CC(=O)Oc1cc(C)cc(C(=O)Cl)c1C. The molecule has 15 heavy (non-hydrogen) atoms. The van der Waals surface area contributed by atoms with Crippen LogP contribution in [0.3, 0.4) is 0 Å². The molecule has 0 radical (unpaired) electrons. The van der Waals surface area contributed by atoms with Crippen LogP contribution < -0.4 is 4.74 Å². The van der Waals surface area contributed by atoms with Crippen molar-refractivity contribution in [2.24, 2.45) is 0 Å². The fraction of sp³-hybridized carbons (Fsp3) is 0.273. The van der Waals surface area contributed by atoms with Crippen molar-refractivity contribution >= 4 is 22.8 Å². The van der Waals surface area contributed by atoms with Gasteiger partial charge >= 0.3 is 5.97 Å². The van der Waals surface area contributed by atoms with Gasteiger partial charge in [0.05, 0.1) is 0 Å². The topological polar surface area (TPSA) is 43.4 Å². The Balaban J connectivity index is 3.28. The molecular weight excluding hydrogens is 216 g/mol. The van der Waals surface area contributed by atoms with Crippen molar-refractivity contribution in [3.05, 3.63) is 28.8 Å². The van der Waals surface area contributed by atoms with Gasteiger partial charge in [-0.3, -0.25) is 9.59 Å². The zero-order valence-electron chi connectivity index (χ0n) is 8.76. The Morgan fingerprint density at radius 2 is 1.87 bits per heavy atom. The summed E-state index contributed by atoms with van der Waals surface area (Å²) in [5, 5.41) is -0.551. The van der Waals surface area contributed by atoms with Crippen LogP contribution in [0.5, 0.6) is 5.75 Å². The summed E-state index contributed by atoms with van der Waals surface area (Å²) < 4.78 is 4.97. The minimum Gasteiger partial charge on any atom is -0.426 e. The van der Waals surface area contributed by atoms with E-state index in [0.717, 1.165) is 5.56 Å². The van der Waals surface area contributed by atoms with Crippen molar-refractivity contribution in [3.8, 4) is 5.75 Å². The number of benzene rings is 1. The number of esters is 1. The van der Waals surface area contributed by atoms with Crippen molar-refractivity contribution in [2.75, 3.05) is 0 Å². The zero-order valence-corrected chi connectivity index (χ0v) is 9.51. The summed E-state index contributed by atoms with van der Waals surface area (Å²) in [4.78, 5) is 21.9. The van der Waals surface area contributed by atoms with Crippen LogP contribution in [-0.2, 0) is 4.79 Å². The van der Waals surface area contributed by atoms with E-state index in [4.69, 9.17) is 16.3 Å².